The van der Waals surface area contributed by atoms with Crippen LogP contribution in [0, 0.1) is 0 Å². The van der Waals surface area contributed by atoms with Crippen LogP contribution in [0.2, 0.25) is 0 Å². The fourth-order valence-corrected chi connectivity index (χ4v) is 3.04. The molecule has 22 heavy (non-hydrogen) atoms. The van der Waals surface area contributed by atoms with Gasteiger partial charge in [0.1, 0.15) is 0 Å². The molecule has 0 aliphatic heterocycles. The second-order valence-electron chi connectivity index (χ2n) is 5.90. The van der Waals surface area contributed by atoms with Gasteiger partial charge in [0.25, 0.3) is 5.91 Å². The zero-order valence-corrected chi connectivity index (χ0v) is 13.2. The average molecular weight is 304 g/mol. The van der Waals surface area contributed by atoms with Crippen molar-refractivity contribution in [2.45, 2.75) is 50.6 Å². The molecule has 1 aliphatic rings. The van der Waals surface area contributed by atoms with E-state index in [2.05, 4.69) is 16.0 Å². The van der Waals surface area contributed by atoms with Crippen molar-refractivity contribution in [2.75, 3.05) is 7.05 Å². The molecule has 1 aromatic rings. The van der Waals surface area contributed by atoms with E-state index in [1.54, 1.807) is 0 Å². The van der Waals surface area contributed by atoms with Crippen molar-refractivity contribution in [1.82, 2.24) is 10.6 Å². The molecule has 1 fully saturated rings. The van der Waals surface area contributed by atoms with Gasteiger partial charge in [-0.05, 0) is 25.7 Å². The van der Waals surface area contributed by atoms with Crippen LogP contribution in [0.5, 0.6) is 0 Å². The van der Waals surface area contributed by atoms with Crippen molar-refractivity contribution in [2.24, 2.45) is 0 Å². The van der Waals surface area contributed by atoms with Crippen LogP contribution in [-0.4, -0.2) is 25.0 Å². The standard InChI is InChI=1S/C17H25N3O2/c1-18-17(22)20-16(21)15(13-9-5-4-6-10-13)19-14-11-7-2-3-8-12-14/h4-6,9-10,14-15,19H,2-3,7-8,11-12H2,1H3,(H2,18,20,21,22)/p+1/t15-/m1/s1. The van der Waals surface area contributed by atoms with E-state index >= 15 is 0 Å². The van der Waals surface area contributed by atoms with Gasteiger partial charge in [0.2, 0.25) is 0 Å². The maximum Gasteiger partial charge on any atom is 0.321 e. The summed E-state index contributed by atoms with van der Waals surface area (Å²) in [5.74, 6) is -0.255. The summed E-state index contributed by atoms with van der Waals surface area (Å²) in [7, 11) is 1.51. The lowest BCUT2D eigenvalue weighted by molar-refractivity contribution is -0.716. The molecule has 0 spiro atoms. The first kappa shape index (κ1) is 16.5. The highest BCUT2D eigenvalue weighted by Crippen LogP contribution is 2.17. The van der Waals surface area contributed by atoms with E-state index in [1.807, 2.05) is 30.3 Å². The van der Waals surface area contributed by atoms with Gasteiger partial charge in [0.05, 0.1) is 6.04 Å². The molecule has 1 atom stereocenters. The molecule has 120 valence electrons. The second-order valence-corrected chi connectivity index (χ2v) is 5.90. The first-order chi connectivity index (χ1) is 10.7. The van der Waals surface area contributed by atoms with Crippen LogP contribution in [0.3, 0.4) is 0 Å². The Balaban J connectivity index is 2.10. The summed E-state index contributed by atoms with van der Waals surface area (Å²) in [6.07, 6.45) is 7.28. The molecule has 5 heteroatoms. The van der Waals surface area contributed by atoms with Gasteiger partial charge in [-0.2, -0.15) is 0 Å². The van der Waals surface area contributed by atoms with Gasteiger partial charge >= 0.3 is 6.03 Å². The summed E-state index contributed by atoms with van der Waals surface area (Å²) < 4.78 is 0. The Kier molecular flexibility index (Phi) is 6.40. The Morgan fingerprint density at radius 1 is 1.09 bits per heavy atom. The van der Waals surface area contributed by atoms with E-state index in [9.17, 15) is 9.59 Å². The summed E-state index contributed by atoms with van der Waals surface area (Å²) >= 11 is 0. The summed E-state index contributed by atoms with van der Waals surface area (Å²) in [5.41, 5.74) is 0.938. The van der Waals surface area contributed by atoms with Crippen LogP contribution < -0.4 is 16.0 Å². The molecule has 2 rings (SSSR count). The van der Waals surface area contributed by atoms with E-state index < -0.39 is 6.03 Å². The lowest BCUT2D eigenvalue weighted by Crippen LogP contribution is -2.92. The molecule has 0 bridgehead atoms. The predicted molar refractivity (Wildman–Crippen MR) is 85.2 cm³/mol. The van der Waals surface area contributed by atoms with Gasteiger partial charge in [-0.3, -0.25) is 10.1 Å². The third-order valence-electron chi connectivity index (χ3n) is 4.27. The number of urea groups is 1. The van der Waals surface area contributed by atoms with E-state index in [-0.39, 0.29) is 11.9 Å². The first-order valence-electron chi connectivity index (χ1n) is 8.13. The molecule has 1 saturated carbocycles. The zero-order chi connectivity index (χ0) is 15.8. The number of nitrogens with two attached hydrogens (primary N) is 1. The predicted octanol–water partition coefficient (Wildman–Crippen LogP) is 1.47. The normalized spacial score (nSPS) is 17.3. The highest BCUT2D eigenvalue weighted by Gasteiger charge is 2.29. The van der Waals surface area contributed by atoms with Crippen molar-refractivity contribution < 1.29 is 14.9 Å². The van der Waals surface area contributed by atoms with E-state index in [0.717, 1.165) is 18.4 Å². The number of nitrogens with one attached hydrogen (secondary N) is 2. The molecule has 0 radical (unpaired) electrons. The van der Waals surface area contributed by atoms with Gasteiger partial charge in [0.15, 0.2) is 6.04 Å². The lowest BCUT2D eigenvalue weighted by atomic mass is 10.0. The molecular formula is C17H26N3O2+. The Morgan fingerprint density at radius 3 is 2.32 bits per heavy atom. The number of rotatable bonds is 4. The average Bonchev–Trinajstić information content (AvgIpc) is 2.81. The van der Waals surface area contributed by atoms with Crippen molar-refractivity contribution in [3.63, 3.8) is 0 Å². The van der Waals surface area contributed by atoms with Crippen LogP contribution in [0.15, 0.2) is 30.3 Å². The van der Waals surface area contributed by atoms with Crippen LogP contribution >= 0.6 is 0 Å². The first-order valence-corrected chi connectivity index (χ1v) is 8.13. The highest BCUT2D eigenvalue weighted by molar-refractivity contribution is 5.96. The van der Waals surface area contributed by atoms with Crippen molar-refractivity contribution in [3.05, 3.63) is 35.9 Å². The monoisotopic (exact) mass is 304 g/mol. The maximum atomic E-state index is 12.5. The molecule has 1 aliphatic carbocycles. The molecule has 5 nitrogen and oxygen atoms in total. The number of hydrogen-bond donors (Lipinski definition) is 3. The van der Waals surface area contributed by atoms with Crippen molar-refractivity contribution >= 4 is 11.9 Å². The molecule has 0 saturated heterocycles. The van der Waals surface area contributed by atoms with E-state index in [0.29, 0.717) is 6.04 Å². The highest BCUT2D eigenvalue weighted by atomic mass is 16.2. The summed E-state index contributed by atoms with van der Waals surface area (Å²) in [4.78, 5) is 23.9. The van der Waals surface area contributed by atoms with E-state index in [1.165, 1.54) is 32.7 Å². The van der Waals surface area contributed by atoms with Gasteiger partial charge in [-0.1, -0.05) is 43.2 Å². The Morgan fingerprint density at radius 2 is 1.73 bits per heavy atom. The number of hydrogen-bond acceptors (Lipinski definition) is 2. The molecule has 0 heterocycles. The molecular weight excluding hydrogens is 278 g/mol. The van der Waals surface area contributed by atoms with Crippen LogP contribution in [0.1, 0.15) is 50.1 Å². The Hall–Kier alpha value is -1.88. The van der Waals surface area contributed by atoms with Gasteiger partial charge in [-0.25, -0.2) is 4.79 Å². The topological polar surface area (TPSA) is 74.8 Å². The van der Waals surface area contributed by atoms with Crippen LogP contribution in [0.25, 0.3) is 0 Å². The number of quaternary nitrogens is 1. The second kappa shape index (κ2) is 8.54. The smallest absolute Gasteiger partial charge is 0.321 e. The number of amides is 3. The van der Waals surface area contributed by atoms with E-state index in [4.69, 9.17) is 0 Å². The number of benzene rings is 1. The fourth-order valence-electron chi connectivity index (χ4n) is 3.04. The van der Waals surface area contributed by atoms with Crippen LogP contribution in [-0.2, 0) is 4.79 Å². The lowest BCUT2D eigenvalue weighted by Gasteiger charge is -2.21. The molecule has 4 N–H and O–H groups in total. The minimum atomic E-state index is -0.458. The third kappa shape index (κ3) is 4.84. The quantitative estimate of drug-likeness (QED) is 0.737. The molecule has 0 unspecified atom stereocenters. The summed E-state index contributed by atoms with van der Waals surface area (Å²) in [6.45, 7) is 0. The third-order valence-corrected chi connectivity index (χ3v) is 4.27. The van der Waals surface area contributed by atoms with Gasteiger partial charge in [0, 0.05) is 12.6 Å². The Labute approximate surface area is 131 Å². The number of carbonyl (C=O) groups excluding carboxylic acids is 2. The number of carbonyl (C=O) groups is 2. The largest absolute Gasteiger partial charge is 0.341 e. The summed E-state index contributed by atoms with van der Waals surface area (Å²) in [6, 6.07) is 9.29. The fraction of sp³-hybridized carbons (Fsp3) is 0.529. The van der Waals surface area contributed by atoms with Crippen molar-refractivity contribution in [3.8, 4) is 0 Å². The number of imide groups is 1. The minimum Gasteiger partial charge on any atom is -0.341 e. The summed E-state index contributed by atoms with van der Waals surface area (Å²) in [5, 5.41) is 6.98. The molecule has 0 aromatic heterocycles. The molecule has 3 amide bonds. The SMILES string of the molecule is CNC(=O)NC(=O)[C@H]([NH2+]C1CCCCCC1)c1ccccc1. The zero-order valence-electron chi connectivity index (χ0n) is 13.2. The van der Waals surface area contributed by atoms with Gasteiger partial charge in [-0.15, -0.1) is 0 Å². The minimum absolute atomic E-state index is 0.255. The van der Waals surface area contributed by atoms with Crippen LogP contribution in [0.4, 0.5) is 4.79 Å². The van der Waals surface area contributed by atoms with Gasteiger partial charge < -0.3 is 10.6 Å². The molecule has 1 aromatic carbocycles. The maximum absolute atomic E-state index is 12.5. The van der Waals surface area contributed by atoms with Crippen molar-refractivity contribution in [1.29, 1.82) is 0 Å². The Bertz CT molecular complexity index is 482.